The summed E-state index contributed by atoms with van der Waals surface area (Å²) in [4.78, 5) is 30.1. The van der Waals surface area contributed by atoms with Gasteiger partial charge in [0.05, 0.1) is 10.6 Å². The van der Waals surface area contributed by atoms with Crippen LogP contribution < -0.4 is 9.62 Å². The van der Waals surface area contributed by atoms with E-state index < -0.39 is 28.5 Å². The maximum atomic E-state index is 14.6. The molecule has 4 rings (SSSR count). The fourth-order valence-electron chi connectivity index (χ4n) is 5.20. The highest BCUT2D eigenvalue weighted by Crippen LogP contribution is 2.27. The lowest BCUT2D eigenvalue weighted by molar-refractivity contribution is -0.140. The number of benzene rings is 4. The van der Waals surface area contributed by atoms with E-state index in [0.717, 1.165) is 26.6 Å². The summed E-state index contributed by atoms with van der Waals surface area (Å²) in [6, 6.07) is 29.5. The predicted molar refractivity (Wildman–Crippen MR) is 190 cm³/mol. The van der Waals surface area contributed by atoms with E-state index >= 15 is 0 Å². The number of rotatable bonds is 14. The largest absolute Gasteiger partial charge is 0.354 e. The van der Waals surface area contributed by atoms with Crippen LogP contribution in [-0.4, -0.2) is 44.3 Å². The van der Waals surface area contributed by atoms with Crippen LogP contribution in [0, 0.1) is 12.8 Å². The van der Waals surface area contributed by atoms with Gasteiger partial charge in [-0.05, 0) is 71.8 Å². The van der Waals surface area contributed by atoms with Crippen LogP contribution in [0.5, 0.6) is 0 Å². The Morgan fingerprint density at radius 1 is 0.809 bits per heavy atom. The van der Waals surface area contributed by atoms with Crippen molar-refractivity contribution in [2.75, 3.05) is 17.4 Å². The third-order valence-corrected chi connectivity index (χ3v) is 9.96. The Morgan fingerprint density at radius 3 is 2.04 bits per heavy atom. The molecule has 9 heteroatoms. The molecular weight excluding hydrogens is 630 g/mol. The summed E-state index contributed by atoms with van der Waals surface area (Å²) in [5.41, 5.74) is 3.90. The van der Waals surface area contributed by atoms with Gasteiger partial charge in [0.1, 0.15) is 12.6 Å². The number of sulfonamides is 1. The predicted octanol–water partition coefficient (Wildman–Crippen LogP) is 7.38. The fraction of sp³-hybridized carbons (Fsp3) is 0.316. The van der Waals surface area contributed by atoms with Gasteiger partial charge < -0.3 is 10.2 Å². The van der Waals surface area contributed by atoms with Gasteiger partial charge in [0.25, 0.3) is 10.0 Å². The lowest BCUT2D eigenvalue weighted by Gasteiger charge is -2.34. The standard InChI is InChI=1S/C38H44ClN3O4S/c1-27(2)24-40-38(44)36(23-30-10-7-6-8-11-30)41(25-31-12-9-13-33(39)22-31)37(43)26-42(34-18-16-32(17-19-34)28(3)4)47(45,46)35-20-14-29(5)15-21-35/h6-22,27-28,36H,23-26H2,1-5H3,(H,40,44)/t36-/m1/s1. The Kier molecular flexibility index (Phi) is 12.2. The third-order valence-electron chi connectivity index (χ3n) is 7.93. The summed E-state index contributed by atoms with van der Waals surface area (Å²) in [5.74, 6) is -0.400. The summed E-state index contributed by atoms with van der Waals surface area (Å²) in [5, 5.41) is 3.50. The molecule has 248 valence electrons. The first-order valence-corrected chi connectivity index (χ1v) is 17.7. The molecule has 0 heterocycles. The molecule has 0 aliphatic carbocycles. The van der Waals surface area contributed by atoms with Gasteiger partial charge in [0, 0.05) is 24.5 Å². The van der Waals surface area contributed by atoms with Crippen molar-refractivity contribution in [3.05, 3.63) is 130 Å². The normalized spacial score (nSPS) is 12.2. The summed E-state index contributed by atoms with van der Waals surface area (Å²) in [7, 11) is -4.17. The Labute approximate surface area is 284 Å². The summed E-state index contributed by atoms with van der Waals surface area (Å²) < 4.78 is 29.6. The topological polar surface area (TPSA) is 86.8 Å². The monoisotopic (exact) mass is 673 g/mol. The van der Waals surface area contributed by atoms with Crippen LogP contribution in [0.3, 0.4) is 0 Å². The molecule has 0 fully saturated rings. The minimum Gasteiger partial charge on any atom is -0.354 e. The molecule has 47 heavy (non-hydrogen) atoms. The number of hydrogen-bond acceptors (Lipinski definition) is 4. The maximum Gasteiger partial charge on any atom is 0.264 e. The van der Waals surface area contributed by atoms with Crippen molar-refractivity contribution in [2.45, 2.75) is 64.4 Å². The molecule has 0 saturated carbocycles. The third kappa shape index (κ3) is 9.69. The number of anilines is 1. The number of carbonyl (C=O) groups excluding carboxylic acids is 2. The number of halogens is 1. The zero-order valence-electron chi connectivity index (χ0n) is 27.7. The zero-order chi connectivity index (χ0) is 34.1. The molecule has 0 aromatic heterocycles. The molecule has 2 amide bonds. The van der Waals surface area contributed by atoms with Gasteiger partial charge in [0.2, 0.25) is 11.8 Å². The van der Waals surface area contributed by atoms with Crippen LogP contribution in [0.1, 0.15) is 55.9 Å². The molecule has 0 aliphatic rings. The second-order valence-corrected chi connectivity index (χ2v) is 14.9. The van der Waals surface area contributed by atoms with E-state index in [2.05, 4.69) is 19.2 Å². The molecule has 0 saturated heterocycles. The van der Waals surface area contributed by atoms with Crippen LogP contribution in [0.15, 0.2) is 108 Å². The first-order chi connectivity index (χ1) is 22.3. The Bertz CT molecular complexity index is 1740. The average Bonchev–Trinajstić information content (AvgIpc) is 3.04. The SMILES string of the molecule is Cc1ccc(S(=O)(=O)N(CC(=O)N(Cc2cccc(Cl)c2)[C@H](Cc2ccccc2)C(=O)NCC(C)C)c2ccc(C(C)C)cc2)cc1. The average molecular weight is 674 g/mol. The van der Waals surface area contributed by atoms with E-state index in [1.165, 1.54) is 4.90 Å². The van der Waals surface area contributed by atoms with Crippen LogP contribution >= 0.6 is 11.6 Å². The molecule has 0 unspecified atom stereocenters. The number of nitrogens with zero attached hydrogens (tertiary/aromatic N) is 2. The van der Waals surface area contributed by atoms with Crippen molar-refractivity contribution < 1.29 is 18.0 Å². The maximum absolute atomic E-state index is 14.6. The van der Waals surface area contributed by atoms with E-state index in [0.29, 0.717) is 17.3 Å². The lowest BCUT2D eigenvalue weighted by atomic mass is 10.0. The van der Waals surface area contributed by atoms with Crippen LogP contribution in [-0.2, 0) is 32.6 Å². The van der Waals surface area contributed by atoms with Gasteiger partial charge in [-0.15, -0.1) is 0 Å². The summed E-state index contributed by atoms with van der Waals surface area (Å²) in [6.07, 6.45) is 0.241. The van der Waals surface area contributed by atoms with Gasteiger partial charge in [-0.3, -0.25) is 13.9 Å². The summed E-state index contributed by atoms with van der Waals surface area (Å²) in [6.45, 7) is 9.97. The van der Waals surface area contributed by atoms with Gasteiger partial charge in [0.15, 0.2) is 0 Å². The van der Waals surface area contributed by atoms with Crippen LogP contribution in [0.25, 0.3) is 0 Å². The molecular formula is C38H44ClN3O4S. The number of aryl methyl sites for hydroxylation is 1. The first-order valence-electron chi connectivity index (χ1n) is 15.9. The van der Waals surface area contributed by atoms with Crippen molar-refractivity contribution in [3.63, 3.8) is 0 Å². The van der Waals surface area contributed by atoms with E-state index in [1.807, 2.05) is 69.3 Å². The van der Waals surface area contributed by atoms with Crippen molar-refractivity contribution in [2.24, 2.45) is 5.92 Å². The first kappa shape index (κ1) is 35.7. The Balaban J connectivity index is 1.81. The quantitative estimate of drug-likeness (QED) is 0.151. The molecule has 7 nitrogen and oxygen atoms in total. The van der Waals surface area contributed by atoms with Gasteiger partial charge in [-0.2, -0.15) is 0 Å². The molecule has 4 aromatic rings. The molecule has 1 N–H and O–H groups in total. The number of nitrogens with one attached hydrogen (secondary N) is 1. The minimum absolute atomic E-state index is 0.0523. The summed E-state index contributed by atoms with van der Waals surface area (Å²) >= 11 is 6.33. The Morgan fingerprint density at radius 2 is 1.45 bits per heavy atom. The number of carbonyl (C=O) groups is 2. The molecule has 0 aliphatic heterocycles. The molecule has 0 radical (unpaired) electrons. The highest BCUT2D eigenvalue weighted by molar-refractivity contribution is 7.92. The van der Waals surface area contributed by atoms with E-state index in [1.54, 1.807) is 54.6 Å². The molecule has 1 atom stereocenters. The Hall–Kier alpha value is -4.14. The second-order valence-electron chi connectivity index (χ2n) is 12.6. The highest BCUT2D eigenvalue weighted by atomic mass is 35.5. The van der Waals surface area contributed by atoms with Gasteiger partial charge >= 0.3 is 0 Å². The zero-order valence-corrected chi connectivity index (χ0v) is 29.3. The lowest BCUT2D eigenvalue weighted by Crippen LogP contribution is -2.53. The smallest absolute Gasteiger partial charge is 0.264 e. The number of amides is 2. The van der Waals surface area contributed by atoms with Crippen molar-refractivity contribution >= 4 is 39.1 Å². The van der Waals surface area contributed by atoms with Crippen molar-refractivity contribution in [1.29, 1.82) is 0 Å². The van der Waals surface area contributed by atoms with E-state index in [-0.39, 0.29) is 35.6 Å². The van der Waals surface area contributed by atoms with E-state index in [9.17, 15) is 18.0 Å². The molecule has 0 spiro atoms. The van der Waals surface area contributed by atoms with Gasteiger partial charge in [-0.25, -0.2) is 8.42 Å². The van der Waals surface area contributed by atoms with Crippen LogP contribution in [0.4, 0.5) is 5.69 Å². The number of hydrogen-bond donors (Lipinski definition) is 1. The highest BCUT2D eigenvalue weighted by Gasteiger charge is 2.34. The van der Waals surface area contributed by atoms with Crippen molar-refractivity contribution in [3.8, 4) is 0 Å². The molecule has 0 bridgehead atoms. The second kappa shape index (κ2) is 16.1. The van der Waals surface area contributed by atoms with E-state index in [4.69, 9.17) is 11.6 Å². The molecule has 4 aromatic carbocycles. The van der Waals surface area contributed by atoms with Crippen molar-refractivity contribution in [1.82, 2.24) is 10.2 Å². The fourth-order valence-corrected chi connectivity index (χ4v) is 6.83. The minimum atomic E-state index is -4.17. The van der Waals surface area contributed by atoms with Gasteiger partial charge in [-0.1, -0.05) is 112 Å². The van der Waals surface area contributed by atoms with Crippen LogP contribution in [0.2, 0.25) is 5.02 Å².